The SMILES string of the molecule is CN(CC(O)COc1ccc(N)cc1)CC1(O)CCCC1. The number of rotatable bonds is 7. The summed E-state index contributed by atoms with van der Waals surface area (Å²) in [4.78, 5) is 1.97. The van der Waals surface area contributed by atoms with Gasteiger partial charge in [0.2, 0.25) is 0 Å². The number of nitrogens with zero attached hydrogens (tertiary/aromatic N) is 1. The molecule has 1 aromatic carbocycles. The zero-order chi connectivity index (χ0) is 15.3. The van der Waals surface area contributed by atoms with Gasteiger partial charge in [-0.15, -0.1) is 0 Å². The fraction of sp³-hybridized carbons (Fsp3) is 0.625. The molecule has 1 aliphatic carbocycles. The van der Waals surface area contributed by atoms with Crippen LogP contribution in [0.4, 0.5) is 5.69 Å². The van der Waals surface area contributed by atoms with Gasteiger partial charge in [-0.3, -0.25) is 0 Å². The van der Waals surface area contributed by atoms with E-state index in [1.165, 1.54) is 0 Å². The molecule has 0 bridgehead atoms. The zero-order valence-electron chi connectivity index (χ0n) is 12.7. The Morgan fingerprint density at radius 1 is 1.29 bits per heavy atom. The third kappa shape index (κ3) is 5.19. The first kappa shape index (κ1) is 16.1. The number of likely N-dealkylation sites (N-methyl/N-ethyl adjacent to an activating group) is 1. The van der Waals surface area contributed by atoms with Crippen LogP contribution >= 0.6 is 0 Å². The van der Waals surface area contributed by atoms with Crippen LogP contribution < -0.4 is 10.5 Å². The topological polar surface area (TPSA) is 79.0 Å². The van der Waals surface area contributed by atoms with Gasteiger partial charge in [-0.1, -0.05) is 12.8 Å². The second-order valence-electron chi connectivity index (χ2n) is 6.16. The van der Waals surface area contributed by atoms with Gasteiger partial charge in [0, 0.05) is 18.8 Å². The Kier molecular flexibility index (Phi) is 5.45. The molecule has 0 spiro atoms. The summed E-state index contributed by atoms with van der Waals surface area (Å²) in [5.41, 5.74) is 5.71. The number of anilines is 1. The van der Waals surface area contributed by atoms with Crippen molar-refractivity contribution in [3.8, 4) is 5.75 Å². The first-order valence-corrected chi connectivity index (χ1v) is 7.54. The third-order valence-electron chi connectivity index (χ3n) is 3.94. The minimum atomic E-state index is -0.586. The maximum Gasteiger partial charge on any atom is 0.119 e. The summed E-state index contributed by atoms with van der Waals surface area (Å²) in [5.74, 6) is 0.695. The molecule has 0 amide bonds. The van der Waals surface area contributed by atoms with E-state index in [2.05, 4.69) is 0 Å². The molecular formula is C16H26N2O3. The van der Waals surface area contributed by atoms with Crippen molar-refractivity contribution in [2.24, 2.45) is 0 Å². The van der Waals surface area contributed by atoms with E-state index in [-0.39, 0.29) is 6.61 Å². The predicted octanol–water partition coefficient (Wildman–Crippen LogP) is 1.25. The average molecular weight is 294 g/mol. The number of aliphatic hydroxyl groups excluding tert-OH is 1. The van der Waals surface area contributed by atoms with Crippen molar-refractivity contribution in [2.75, 3.05) is 32.5 Å². The molecule has 1 unspecified atom stereocenters. The van der Waals surface area contributed by atoms with Gasteiger partial charge < -0.3 is 25.6 Å². The predicted molar refractivity (Wildman–Crippen MR) is 83.3 cm³/mol. The zero-order valence-corrected chi connectivity index (χ0v) is 12.7. The molecular weight excluding hydrogens is 268 g/mol. The molecule has 5 nitrogen and oxygen atoms in total. The number of hydrogen-bond acceptors (Lipinski definition) is 5. The van der Waals surface area contributed by atoms with E-state index in [9.17, 15) is 10.2 Å². The van der Waals surface area contributed by atoms with Crippen LogP contribution in [0.15, 0.2) is 24.3 Å². The Balaban J connectivity index is 1.71. The Hall–Kier alpha value is -1.30. The minimum absolute atomic E-state index is 0.229. The second kappa shape index (κ2) is 7.11. The van der Waals surface area contributed by atoms with E-state index in [1.807, 2.05) is 11.9 Å². The van der Waals surface area contributed by atoms with Gasteiger partial charge in [-0.25, -0.2) is 0 Å². The fourth-order valence-corrected chi connectivity index (χ4v) is 2.93. The number of aliphatic hydroxyl groups is 2. The van der Waals surface area contributed by atoms with Crippen LogP contribution in [0.2, 0.25) is 0 Å². The molecule has 1 saturated carbocycles. The van der Waals surface area contributed by atoms with E-state index >= 15 is 0 Å². The van der Waals surface area contributed by atoms with Crippen molar-refractivity contribution < 1.29 is 14.9 Å². The molecule has 0 aromatic heterocycles. The summed E-state index contributed by atoms with van der Waals surface area (Å²) in [7, 11) is 1.92. The lowest BCUT2D eigenvalue weighted by Gasteiger charge is -2.29. The summed E-state index contributed by atoms with van der Waals surface area (Å²) >= 11 is 0. The highest BCUT2D eigenvalue weighted by Gasteiger charge is 2.32. The number of hydrogen-bond donors (Lipinski definition) is 3. The van der Waals surface area contributed by atoms with Crippen molar-refractivity contribution in [1.29, 1.82) is 0 Å². The minimum Gasteiger partial charge on any atom is -0.491 e. The van der Waals surface area contributed by atoms with E-state index in [1.54, 1.807) is 24.3 Å². The summed E-state index contributed by atoms with van der Waals surface area (Å²) in [6.45, 7) is 1.32. The Labute approximate surface area is 126 Å². The van der Waals surface area contributed by atoms with Crippen LogP contribution in [0.3, 0.4) is 0 Å². The van der Waals surface area contributed by atoms with Crippen molar-refractivity contribution in [2.45, 2.75) is 37.4 Å². The van der Waals surface area contributed by atoms with Crippen LogP contribution in [0.5, 0.6) is 5.75 Å². The highest BCUT2D eigenvalue weighted by Crippen LogP contribution is 2.29. The van der Waals surface area contributed by atoms with Gasteiger partial charge in [0.15, 0.2) is 0 Å². The molecule has 1 aromatic rings. The maximum atomic E-state index is 10.3. The Morgan fingerprint density at radius 2 is 1.90 bits per heavy atom. The van der Waals surface area contributed by atoms with Gasteiger partial charge in [-0.2, -0.15) is 0 Å². The molecule has 118 valence electrons. The summed E-state index contributed by atoms with van der Waals surface area (Å²) in [6, 6.07) is 7.10. The van der Waals surface area contributed by atoms with E-state index in [0.717, 1.165) is 25.7 Å². The van der Waals surface area contributed by atoms with Crippen molar-refractivity contribution in [3.05, 3.63) is 24.3 Å². The number of nitrogen functional groups attached to an aromatic ring is 1. The summed E-state index contributed by atoms with van der Waals surface area (Å²) in [6.07, 6.45) is 3.31. The highest BCUT2D eigenvalue weighted by molar-refractivity contribution is 5.41. The lowest BCUT2D eigenvalue weighted by molar-refractivity contribution is -0.000531. The molecule has 2 rings (SSSR count). The van der Waals surface area contributed by atoms with Crippen molar-refractivity contribution >= 4 is 5.69 Å². The summed E-state index contributed by atoms with van der Waals surface area (Å²) in [5, 5.41) is 20.4. The van der Waals surface area contributed by atoms with E-state index in [4.69, 9.17) is 10.5 Å². The normalized spacial score (nSPS) is 18.9. The maximum absolute atomic E-state index is 10.3. The van der Waals surface area contributed by atoms with Crippen LogP contribution in [-0.4, -0.2) is 53.6 Å². The van der Waals surface area contributed by atoms with Crippen LogP contribution in [-0.2, 0) is 0 Å². The van der Waals surface area contributed by atoms with Gasteiger partial charge in [0.1, 0.15) is 18.5 Å². The van der Waals surface area contributed by atoms with Crippen LogP contribution in [0, 0.1) is 0 Å². The largest absolute Gasteiger partial charge is 0.491 e. The fourth-order valence-electron chi connectivity index (χ4n) is 2.93. The molecule has 0 saturated heterocycles. The second-order valence-corrected chi connectivity index (χ2v) is 6.16. The van der Waals surface area contributed by atoms with Gasteiger partial charge >= 0.3 is 0 Å². The third-order valence-corrected chi connectivity index (χ3v) is 3.94. The Morgan fingerprint density at radius 3 is 2.52 bits per heavy atom. The molecule has 0 aliphatic heterocycles. The van der Waals surface area contributed by atoms with Crippen LogP contribution in [0.25, 0.3) is 0 Å². The number of nitrogens with two attached hydrogens (primary N) is 1. The first-order chi connectivity index (χ1) is 9.97. The van der Waals surface area contributed by atoms with E-state index in [0.29, 0.717) is 24.5 Å². The molecule has 0 radical (unpaired) electrons. The summed E-state index contributed by atoms with van der Waals surface area (Å²) < 4.78 is 5.52. The van der Waals surface area contributed by atoms with E-state index < -0.39 is 11.7 Å². The molecule has 4 N–H and O–H groups in total. The lowest BCUT2D eigenvalue weighted by atomic mass is 10.0. The van der Waals surface area contributed by atoms with Gasteiger partial charge in [-0.05, 0) is 44.2 Å². The van der Waals surface area contributed by atoms with Gasteiger partial charge in [0.05, 0.1) is 5.60 Å². The first-order valence-electron chi connectivity index (χ1n) is 7.54. The quantitative estimate of drug-likeness (QED) is 0.660. The molecule has 1 fully saturated rings. The van der Waals surface area contributed by atoms with Gasteiger partial charge in [0.25, 0.3) is 0 Å². The smallest absolute Gasteiger partial charge is 0.119 e. The average Bonchev–Trinajstić information content (AvgIpc) is 2.84. The standard InChI is InChI=1S/C16H26N2O3/c1-18(12-16(20)8-2-3-9-16)10-14(19)11-21-15-6-4-13(17)5-7-15/h4-7,14,19-20H,2-3,8-12,17H2,1H3. The molecule has 0 heterocycles. The number of ether oxygens (including phenoxy) is 1. The molecule has 5 heteroatoms. The van der Waals surface area contributed by atoms with Crippen LogP contribution in [0.1, 0.15) is 25.7 Å². The highest BCUT2D eigenvalue weighted by atomic mass is 16.5. The monoisotopic (exact) mass is 294 g/mol. The lowest BCUT2D eigenvalue weighted by Crippen LogP contribution is -2.43. The molecule has 1 aliphatic rings. The molecule has 21 heavy (non-hydrogen) atoms. The molecule has 1 atom stereocenters. The van der Waals surface area contributed by atoms with Crippen molar-refractivity contribution in [1.82, 2.24) is 4.90 Å². The number of benzene rings is 1. The van der Waals surface area contributed by atoms with Crippen molar-refractivity contribution in [3.63, 3.8) is 0 Å². The Bertz CT molecular complexity index is 430.